The zero-order chi connectivity index (χ0) is 20.1. The number of rotatable bonds is 5. The minimum Gasteiger partial charge on any atom is -0.459 e. The molecule has 1 aliphatic rings. The maximum Gasteiger partial charge on any atom is 0.338 e. The molecule has 148 valence electrons. The second-order valence-electron chi connectivity index (χ2n) is 6.25. The lowest BCUT2D eigenvalue weighted by atomic mass is 9.99. The lowest BCUT2D eigenvalue weighted by molar-refractivity contribution is -0.285. The maximum absolute atomic E-state index is 12.2. The topological polar surface area (TPSA) is 123 Å². The quantitative estimate of drug-likeness (QED) is 0.633. The Morgan fingerprint density at radius 2 is 1.36 bits per heavy atom. The molecule has 1 fully saturated rings. The molecule has 0 spiro atoms. The second-order valence-corrected chi connectivity index (χ2v) is 6.25. The van der Waals surface area contributed by atoms with E-state index in [-0.39, 0.29) is 5.56 Å². The van der Waals surface area contributed by atoms with E-state index in [0.29, 0.717) is 5.56 Å². The van der Waals surface area contributed by atoms with Crippen molar-refractivity contribution in [1.29, 1.82) is 0 Å². The molecule has 0 bridgehead atoms. The van der Waals surface area contributed by atoms with Gasteiger partial charge in [0.15, 0.2) is 12.4 Å². The van der Waals surface area contributed by atoms with Gasteiger partial charge in [0, 0.05) is 0 Å². The molecule has 0 saturated carbocycles. The monoisotopic (exact) mass is 388 g/mol. The summed E-state index contributed by atoms with van der Waals surface area (Å²) < 4.78 is 15.4. The lowest BCUT2D eigenvalue weighted by Gasteiger charge is -2.39. The van der Waals surface area contributed by atoms with Crippen LogP contribution in [-0.2, 0) is 14.2 Å². The summed E-state index contributed by atoms with van der Waals surface area (Å²) >= 11 is 0. The third-order valence-corrected chi connectivity index (χ3v) is 4.30. The van der Waals surface area contributed by atoms with Crippen LogP contribution in [0.5, 0.6) is 0 Å². The first-order valence-electron chi connectivity index (χ1n) is 8.65. The summed E-state index contributed by atoms with van der Waals surface area (Å²) in [6.07, 6.45) is -7.56. The van der Waals surface area contributed by atoms with Crippen LogP contribution >= 0.6 is 0 Å². The number of esters is 2. The molecule has 0 aliphatic carbocycles. The van der Waals surface area contributed by atoms with E-state index in [1.54, 1.807) is 48.5 Å². The van der Waals surface area contributed by atoms with Crippen LogP contribution in [0, 0.1) is 0 Å². The van der Waals surface area contributed by atoms with Crippen molar-refractivity contribution in [2.45, 2.75) is 30.7 Å². The van der Waals surface area contributed by atoms with Crippen LogP contribution in [0.3, 0.4) is 0 Å². The highest BCUT2D eigenvalue weighted by Gasteiger charge is 2.46. The van der Waals surface area contributed by atoms with Gasteiger partial charge in [-0.2, -0.15) is 0 Å². The molecule has 1 heterocycles. The largest absolute Gasteiger partial charge is 0.459 e. The average Bonchev–Trinajstić information content (AvgIpc) is 2.73. The average molecular weight is 388 g/mol. The minimum absolute atomic E-state index is 0.218. The van der Waals surface area contributed by atoms with Crippen LogP contribution in [0.15, 0.2) is 60.7 Å². The molecule has 5 atom stereocenters. The third-order valence-electron chi connectivity index (χ3n) is 4.30. The standard InChI is InChI=1S/C20H20O8/c21-15-14(11-26-18(23)12-7-3-1-4-8-12)27-20(25)16(22)17(15)28-19(24)13-9-5-2-6-10-13/h1-10,14-17,20-22,25H,11H2/t14?,15-,16?,17?,20+/m0/s1. The van der Waals surface area contributed by atoms with E-state index in [1.165, 1.54) is 12.1 Å². The Labute approximate surface area is 160 Å². The third kappa shape index (κ3) is 4.55. The van der Waals surface area contributed by atoms with Gasteiger partial charge in [-0.1, -0.05) is 36.4 Å². The molecule has 8 heteroatoms. The van der Waals surface area contributed by atoms with E-state index in [4.69, 9.17) is 14.2 Å². The fourth-order valence-corrected chi connectivity index (χ4v) is 2.77. The highest BCUT2D eigenvalue weighted by molar-refractivity contribution is 5.89. The number of aliphatic hydroxyl groups excluding tert-OH is 3. The molecular formula is C20H20O8. The Morgan fingerprint density at radius 3 is 1.93 bits per heavy atom. The van der Waals surface area contributed by atoms with Crippen LogP contribution in [0.2, 0.25) is 0 Å². The van der Waals surface area contributed by atoms with Crippen molar-refractivity contribution >= 4 is 11.9 Å². The number of aliphatic hydroxyl groups is 3. The van der Waals surface area contributed by atoms with E-state index in [9.17, 15) is 24.9 Å². The number of carbonyl (C=O) groups excluding carboxylic acids is 2. The Morgan fingerprint density at radius 1 is 0.821 bits per heavy atom. The number of hydrogen-bond donors (Lipinski definition) is 3. The van der Waals surface area contributed by atoms with Crippen molar-refractivity contribution in [3.8, 4) is 0 Å². The Hall–Kier alpha value is -2.78. The summed E-state index contributed by atoms with van der Waals surface area (Å²) in [6.45, 7) is -0.405. The molecule has 28 heavy (non-hydrogen) atoms. The smallest absolute Gasteiger partial charge is 0.338 e. The molecule has 1 saturated heterocycles. The highest BCUT2D eigenvalue weighted by atomic mass is 16.7. The van der Waals surface area contributed by atoms with Gasteiger partial charge in [-0.15, -0.1) is 0 Å². The van der Waals surface area contributed by atoms with Gasteiger partial charge in [-0.05, 0) is 24.3 Å². The van der Waals surface area contributed by atoms with Gasteiger partial charge >= 0.3 is 11.9 Å². The van der Waals surface area contributed by atoms with Crippen molar-refractivity contribution in [2.24, 2.45) is 0 Å². The van der Waals surface area contributed by atoms with E-state index >= 15 is 0 Å². The molecule has 0 amide bonds. The number of hydrogen-bond acceptors (Lipinski definition) is 8. The Balaban J connectivity index is 1.65. The first-order valence-corrected chi connectivity index (χ1v) is 8.65. The van der Waals surface area contributed by atoms with E-state index in [2.05, 4.69) is 0 Å². The number of ether oxygens (including phenoxy) is 3. The zero-order valence-corrected chi connectivity index (χ0v) is 14.8. The summed E-state index contributed by atoms with van der Waals surface area (Å²) in [5.41, 5.74) is 0.523. The van der Waals surface area contributed by atoms with Gasteiger partial charge in [0.1, 0.15) is 24.9 Å². The molecule has 2 aromatic rings. The summed E-state index contributed by atoms with van der Waals surface area (Å²) in [4.78, 5) is 24.2. The van der Waals surface area contributed by atoms with Crippen molar-refractivity contribution in [1.82, 2.24) is 0 Å². The van der Waals surface area contributed by atoms with Crippen LogP contribution in [-0.4, -0.2) is 64.6 Å². The van der Waals surface area contributed by atoms with Gasteiger partial charge in [0.25, 0.3) is 0 Å². The summed E-state index contributed by atoms with van der Waals surface area (Å²) in [5.74, 6) is -1.42. The van der Waals surface area contributed by atoms with E-state index in [0.717, 1.165) is 0 Å². The Kier molecular flexibility index (Phi) is 6.37. The van der Waals surface area contributed by atoms with Gasteiger partial charge in [-0.3, -0.25) is 0 Å². The van der Waals surface area contributed by atoms with Gasteiger partial charge in [0.05, 0.1) is 11.1 Å². The minimum atomic E-state index is -1.72. The first-order chi connectivity index (χ1) is 13.5. The molecule has 1 aliphatic heterocycles. The predicted octanol–water partition coefficient (Wildman–Crippen LogP) is 0.508. The molecule has 0 radical (unpaired) electrons. The highest BCUT2D eigenvalue weighted by Crippen LogP contribution is 2.24. The van der Waals surface area contributed by atoms with Gasteiger partial charge < -0.3 is 29.5 Å². The van der Waals surface area contributed by atoms with Crippen LogP contribution < -0.4 is 0 Å². The van der Waals surface area contributed by atoms with Crippen LogP contribution in [0.4, 0.5) is 0 Å². The number of benzene rings is 2. The molecular weight excluding hydrogens is 368 g/mol. The molecule has 8 nitrogen and oxygen atoms in total. The summed E-state index contributed by atoms with van der Waals surface area (Å²) in [6, 6.07) is 16.2. The number of carbonyl (C=O) groups is 2. The van der Waals surface area contributed by atoms with Crippen LogP contribution in [0.25, 0.3) is 0 Å². The second kappa shape index (κ2) is 8.94. The molecule has 0 aromatic heterocycles. The van der Waals surface area contributed by atoms with Crippen molar-refractivity contribution < 1.29 is 39.1 Å². The SMILES string of the molecule is O=C(OCC1O[C@@H](O)C(O)C(OC(=O)c2ccccc2)[C@H]1O)c1ccccc1. The normalized spacial score (nSPS) is 27.0. The Bertz CT molecular complexity index is 794. The first kappa shape index (κ1) is 20.0. The maximum atomic E-state index is 12.2. The predicted molar refractivity (Wildman–Crippen MR) is 95.3 cm³/mol. The lowest BCUT2D eigenvalue weighted by Crippen LogP contribution is -2.60. The van der Waals surface area contributed by atoms with Crippen molar-refractivity contribution in [3.63, 3.8) is 0 Å². The molecule has 3 unspecified atom stereocenters. The molecule has 3 rings (SSSR count). The van der Waals surface area contributed by atoms with Gasteiger partial charge in [0.2, 0.25) is 0 Å². The van der Waals surface area contributed by atoms with E-state index < -0.39 is 49.3 Å². The summed E-state index contributed by atoms with van der Waals surface area (Å²) in [5, 5.41) is 30.4. The van der Waals surface area contributed by atoms with E-state index in [1.807, 2.05) is 0 Å². The molecule has 2 aromatic carbocycles. The summed E-state index contributed by atoms with van der Waals surface area (Å²) in [7, 11) is 0. The fraction of sp³-hybridized carbons (Fsp3) is 0.300. The van der Waals surface area contributed by atoms with Crippen molar-refractivity contribution in [2.75, 3.05) is 6.61 Å². The fourth-order valence-electron chi connectivity index (χ4n) is 2.77. The zero-order valence-electron chi connectivity index (χ0n) is 14.8. The van der Waals surface area contributed by atoms with Crippen molar-refractivity contribution in [3.05, 3.63) is 71.8 Å². The molecule has 3 N–H and O–H groups in total. The van der Waals surface area contributed by atoms with Crippen LogP contribution in [0.1, 0.15) is 20.7 Å². The van der Waals surface area contributed by atoms with Gasteiger partial charge in [-0.25, -0.2) is 9.59 Å².